The van der Waals surface area contributed by atoms with Crippen LogP contribution in [0.2, 0.25) is 0 Å². The number of hydrogen-bond donors (Lipinski definition) is 0. The average Bonchev–Trinajstić information content (AvgIpc) is 2.60. The van der Waals surface area contributed by atoms with E-state index in [0.717, 1.165) is 50.6 Å². The summed E-state index contributed by atoms with van der Waals surface area (Å²) in [6.07, 6.45) is 10.3. The first-order valence-corrected chi connectivity index (χ1v) is 8.94. The Bertz CT molecular complexity index is 567. The molecule has 0 amide bonds. The second-order valence-electron chi connectivity index (χ2n) is 6.52. The Balaban J connectivity index is 2.41. The summed E-state index contributed by atoms with van der Waals surface area (Å²) in [7, 11) is 1.73. The predicted molar refractivity (Wildman–Crippen MR) is 103 cm³/mol. The predicted octanol–water partition coefficient (Wildman–Crippen LogP) is 6.06. The maximum absolute atomic E-state index is 10.4. The van der Waals surface area contributed by atoms with Crippen molar-refractivity contribution >= 4 is 6.29 Å². The SMILES string of the molecule is COc1ccccc1CC/C=C(\C)CC/C(C)=C(\C)CCCC=O. The average molecular weight is 328 g/mol. The molecule has 0 aliphatic carbocycles. The minimum atomic E-state index is 0.673. The number of hydrogen-bond acceptors (Lipinski definition) is 2. The number of aryl methyl sites for hydroxylation is 1. The first kappa shape index (κ1) is 20.2. The zero-order valence-corrected chi connectivity index (χ0v) is 15.7. The van der Waals surface area contributed by atoms with Crippen LogP contribution in [0.3, 0.4) is 0 Å². The number of carbonyl (C=O) groups excluding carboxylic acids is 1. The second-order valence-corrected chi connectivity index (χ2v) is 6.52. The minimum absolute atomic E-state index is 0.673. The third-order valence-electron chi connectivity index (χ3n) is 4.60. The van der Waals surface area contributed by atoms with Crippen molar-refractivity contribution in [3.63, 3.8) is 0 Å². The van der Waals surface area contributed by atoms with Gasteiger partial charge in [-0.15, -0.1) is 0 Å². The number of rotatable bonds is 11. The van der Waals surface area contributed by atoms with Crippen molar-refractivity contribution in [2.45, 2.75) is 65.7 Å². The Morgan fingerprint density at radius 3 is 2.42 bits per heavy atom. The van der Waals surface area contributed by atoms with Crippen LogP contribution in [0.1, 0.15) is 64.9 Å². The van der Waals surface area contributed by atoms with Gasteiger partial charge >= 0.3 is 0 Å². The summed E-state index contributed by atoms with van der Waals surface area (Å²) in [4.78, 5) is 10.4. The number of carbonyl (C=O) groups is 1. The molecule has 0 aliphatic heterocycles. The molecule has 0 spiro atoms. The number of ether oxygens (including phenoxy) is 1. The molecule has 0 saturated heterocycles. The summed E-state index contributed by atoms with van der Waals surface area (Å²) in [5.74, 6) is 0.980. The Kier molecular flexibility index (Phi) is 9.83. The molecule has 0 radical (unpaired) electrons. The zero-order valence-electron chi connectivity index (χ0n) is 15.7. The number of para-hydroxylation sites is 1. The number of methoxy groups -OCH3 is 1. The van der Waals surface area contributed by atoms with Gasteiger partial charge in [0.2, 0.25) is 0 Å². The fourth-order valence-corrected chi connectivity index (χ4v) is 2.75. The molecule has 24 heavy (non-hydrogen) atoms. The van der Waals surface area contributed by atoms with E-state index in [1.54, 1.807) is 7.11 Å². The van der Waals surface area contributed by atoms with Crippen molar-refractivity contribution in [1.29, 1.82) is 0 Å². The standard InChI is InChI=1S/C22H32O2/c1-18(15-16-20(3)19(2)11-7-8-17-23)10-9-13-21-12-5-6-14-22(21)24-4/h5-6,10,12,14,17H,7-9,11,13,15-16H2,1-4H3/b18-10+,20-19+. The van der Waals surface area contributed by atoms with Crippen molar-refractivity contribution in [2.75, 3.05) is 7.11 Å². The summed E-state index contributed by atoms with van der Waals surface area (Å²) in [5, 5.41) is 0. The third-order valence-corrected chi connectivity index (χ3v) is 4.60. The highest BCUT2D eigenvalue weighted by molar-refractivity contribution is 5.49. The Morgan fingerprint density at radius 1 is 1.00 bits per heavy atom. The van der Waals surface area contributed by atoms with Crippen LogP contribution < -0.4 is 4.74 Å². The molecule has 0 aliphatic rings. The molecule has 132 valence electrons. The van der Waals surface area contributed by atoms with Gasteiger partial charge in [-0.05, 0) is 70.9 Å². The van der Waals surface area contributed by atoms with Crippen LogP contribution in [0, 0.1) is 0 Å². The van der Waals surface area contributed by atoms with E-state index < -0.39 is 0 Å². The van der Waals surface area contributed by atoms with Gasteiger partial charge in [0.25, 0.3) is 0 Å². The van der Waals surface area contributed by atoms with Gasteiger partial charge in [0.15, 0.2) is 0 Å². The number of unbranched alkanes of at least 4 members (excludes halogenated alkanes) is 1. The lowest BCUT2D eigenvalue weighted by atomic mass is 9.98. The minimum Gasteiger partial charge on any atom is -0.496 e. The highest BCUT2D eigenvalue weighted by Crippen LogP contribution is 2.21. The highest BCUT2D eigenvalue weighted by Gasteiger charge is 2.01. The largest absolute Gasteiger partial charge is 0.496 e. The molecule has 0 saturated carbocycles. The first-order chi connectivity index (χ1) is 11.6. The molecule has 0 atom stereocenters. The van der Waals surface area contributed by atoms with Crippen LogP contribution >= 0.6 is 0 Å². The van der Waals surface area contributed by atoms with Gasteiger partial charge < -0.3 is 9.53 Å². The summed E-state index contributed by atoms with van der Waals surface area (Å²) in [6.45, 7) is 6.64. The second kappa shape index (κ2) is 11.7. The van der Waals surface area contributed by atoms with Gasteiger partial charge in [-0.3, -0.25) is 0 Å². The number of benzene rings is 1. The quantitative estimate of drug-likeness (QED) is 0.280. The topological polar surface area (TPSA) is 26.3 Å². The lowest BCUT2D eigenvalue weighted by molar-refractivity contribution is -0.107. The lowest BCUT2D eigenvalue weighted by Gasteiger charge is -2.09. The summed E-state index contributed by atoms with van der Waals surface area (Å²) >= 11 is 0. The maximum atomic E-state index is 10.4. The molecule has 0 aromatic heterocycles. The molecule has 2 nitrogen and oxygen atoms in total. The molecule has 1 aromatic rings. The monoisotopic (exact) mass is 328 g/mol. The van der Waals surface area contributed by atoms with Gasteiger partial charge in [-0.1, -0.05) is 41.0 Å². The van der Waals surface area contributed by atoms with Crippen molar-refractivity contribution in [3.8, 4) is 5.75 Å². The molecule has 0 N–H and O–H groups in total. The van der Waals surface area contributed by atoms with Crippen LogP contribution in [0.4, 0.5) is 0 Å². The van der Waals surface area contributed by atoms with Gasteiger partial charge in [0, 0.05) is 6.42 Å². The van der Waals surface area contributed by atoms with Crippen LogP contribution in [0.15, 0.2) is 47.1 Å². The zero-order chi connectivity index (χ0) is 17.8. The fourth-order valence-electron chi connectivity index (χ4n) is 2.75. The molecule has 1 rings (SSSR count). The van der Waals surface area contributed by atoms with Crippen molar-refractivity contribution in [1.82, 2.24) is 0 Å². The van der Waals surface area contributed by atoms with E-state index in [1.165, 1.54) is 22.3 Å². The van der Waals surface area contributed by atoms with Gasteiger partial charge in [-0.2, -0.15) is 0 Å². The molecule has 0 fully saturated rings. The summed E-state index contributed by atoms with van der Waals surface area (Å²) in [5.41, 5.74) is 5.63. The van der Waals surface area contributed by atoms with E-state index >= 15 is 0 Å². The van der Waals surface area contributed by atoms with Crippen molar-refractivity contribution in [3.05, 3.63) is 52.6 Å². The Labute approximate surface area is 147 Å². The van der Waals surface area contributed by atoms with E-state index in [-0.39, 0.29) is 0 Å². The van der Waals surface area contributed by atoms with E-state index in [4.69, 9.17) is 4.74 Å². The third kappa shape index (κ3) is 7.63. The smallest absolute Gasteiger partial charge is 0.122 e. The fraction of sp³-hybridized carbons (Fsp3) is 0.500. The van der Waals surface area contributed by atoms with Gasteiger partial charge in [-0.25, -0.2) is 0 Å². The van der Waals surface area contributed by atoms with Gasteiger partial charge in [0.05, 0.1) is 7.11 Å². The van der Waals surface area contributed by atoms with E-state index in [1.807, 2.05) is 12.1 Å². The summed E-state index contributed by atoms with van der Waals surface area (Å²) < 4.78 is 5.40. The van der Waals surface area contributed by atoms with Crippen LogP contribution in [-0.2, 0) is 11.2 Å². The lowest BCUT2D eigenvalue weighted by Crippen LogP contribution is -1.92. The van der Waals surface area contributed by atoms with E-state index in [0.29, 0.717) is 6.42 Å². The molecule has 0 unspecified atom stereocenters. The Hall–Kier alpha value is -1.83. The highest BCUT2D eigenvalue weighted by atomic mass is 16.5. The molecule has 0 bridgehead atoms. The number of aldehydes is 1. The number of allylic oxidation sites excluding steroid dienone is 4. The Morgan fingerprint density at radius 2 is 1.71 bits per heavy atom. The van der Waals surface area contributed by atoms with Crippen molar-refractivity contribution < 1.29 is 9.53 Å². The van der Waals surface area contributed by atoms with Gasteiger partial charge in [0.1, 0.15) is 12.0 Å². The van der Waals surface area contributed by atoms with Crippen LogP contribution in [0.25, 0.3) is 0 Å². The molecule has 2 heteroatoms. The molecule has 1 aromatic carbocycles. The normalized spacial score (nSPS) is 12.8. The molecular weight excluding hydrogens is 296 g/mol. The maximum Gasteiger partial charge on any atom is 0.122 e. The van der Waals surface area contributed by atoms with Crippen molar-refractivity contribution in [2.24, 2.45) is 0 Å². The van der Waals surface area contributed by atoms with Crippen LogP contribution in [-0.4, -0.2) is 13.4 Å². The summed E-state index contributed by atoms with van der Waals surface area (Å²) in [6, 6.07) is 8.23. The van der Waals surface area contributed by atoms with E-state index in [9.17, 15) is 4.79 Å². The first-order valence-electron chi connectivity index (χ1n) is 8.94. The van der Waals surface area contributed by atoms with Crippen LogP contribution in [0.5, 0.6) is 5.75 Å². The van der Waals surface area contributed by atoms with E-state index in [2.05, 4.69) is 39.0 Å². The molecular formula is C22H32O2. The molecule has 0 heterocycles.